The average molecular weight is 468 g/mol. The standard InChI is InChI=1S/C24H26FN5O2S/c1-15-22(33-29-28-15)23(31)27-20-7-2-4-16(12-20)14-30(21-10-8-19(26)9-11-21)24(32)17-5-3-6-18(25)13-17/h2-7,12-13,19,21H,8-11,14,26H2,1H3,(H,27,31). The lowest BCUT2D eigenvalue weighted by Gasteiger charge is -2.36. The summed E-state index contributed by atoms with van der Waals surface area (Å²) in [5.41, 5.74) is 8.46. The van der Waals surface area contributed by atoms with Gasteiger partial charge in [-0.2, -0.15) is 0 Å². The number of carbonyl (C=O) groups excluding carboxylic acids is 2. The van der Waals surface area contributed by atoms with Crippen LogP contribution in [0.1, 0.15) is 57.0 Å². The summed E-state index contributed by atoms with van der Waals surface area (Å²) in [5, 5.41) is 6.75. The monoisotopic (exact) mass is 467 g/mol. The van der Waals surface area contributed by atoms with Gasteiger partial charge in [0.2, 0.25) is 0 Å². The van der Waals surface area contributed by atoms with Crippen molar-refractivity contribution in [3.63, 3.8) is 0 Å². The molecule has 0 atom stereocenters. The first-order chi connectivity index (χ1) is 15.9. The molecule has 0 saturated heterocycles. The highest BCUT2D eigenvalue weighted by molar-refractivity contribution is 7.08. The van der Waals surface area contributed by atoms with Crippen LogP contribution < -0.4 is 11.1 Å². The second kappa shape index (κ2) is 10.2. The predicted octanol–water partition coefficient (Wildman–Crippen LogP) is 4.15. The van der Waals surface area contributed by atoms with Crippen molar-refractivity contribution < 1.29 is 14.0 Å². The SMILES string of the molecule is Cc1nnsc1C(=O)Nc1cccc(CN(C(=O)c2cccc(F)c2)C2CCC(N)CC2)c1. The van der Waals surface area contributed by atoms with Crippen LogP contribution in [0.3, 0.4) is 0 Å². The van der Waals surface area contributed by atoms with E-state index < -0.39 is 5.82 Å². The van der Waals surface area contributed by atoms with Gasteiger partial charge < -0.3 is 16.0 Å². The molecule has 1 heterocycles. The minimum Gasteiger partial charge on any atom is -0.331 e. The summed E-state index contributed by atoms with van der Waals surface area (Å²) >= 11 is 1.05. The van der Waals surface area contributed by atoms with Gasteiger partial charge in [-0.25, -0.2) is 4.39 Å². The third-order valence-corrected chi connectivity index (χ3v) is 6.74. The first kappa shape index (κ1) is 23.0. The molecule has 1 fully saturated rings. The third kappa shape index (κ3) is 5.61. The van der Waals surface area contributed by atoms with Gasteiger partial charge in [0.05, 0.1) is 5.69 Å². The summed E-state index contributed by atoms with van der Waals surface area (Å²) in [6, 6.07) is 13.3. The zero-order chi connectivity index (χ0) is 23.4. The van der Waals surface area contributed by atoms with Crippen molar-refractivity contribution in [2.45, 2.75) is 51.2 Å². The number of rotatable bonds is 6. The maximum absolute atomic E-state index is 13.8. The van der Waals surface area contributed by atoms with E-state index in [1.807, 2.05) is 18.2 Å². The Bertz CT molecular complexity index is 1140. The Labute approximate surface area is 196 Å². The fourth-order valence-corrected chi connectivity index (χ4v) is 4.69. The molecule has 0 bridgehead atoms. The minimum atomic E-state index is -0.441. The molecule has 0 aliphatic heterocycles. The zero-order valence-corrected chi connectivity index (χ0v) is 19.1. The summed E-state index contributed by atoms with van der Waals surface area (Å²) in [6.45, 7) is 2.08. The molecule has 2 aromatic carbocycles. The number of aromatic nitrogens is 2. The lowest BCUT2D eigenvalue weighted by Crippen LogP contribution is -2.43. The highest BCUT2D eigenvalue weighted by Crippen LogP contribution is 2.26. The fraction of sp³-hybridized carbons (Fsp3) is 0.333. The number of aryl methyl sites for hydroxylation is 1. The summed E-state index contributed by atoms with van der Waals surface area (Å²) in [6.07, 6.45) is 3.29. The second-order valence-corrected chi connectivity index (χ2v) is 9.11. The summed E-state index contributed by atoms with van der Waals surface area (Å²) in [5.74, 6) is -0.923. The number of carbonyl (C=O) groups is 2. The maximum atomic E-state index is 13.8. The van der Waals surface area contributed by atoms with Gasteiger partial charge in [-0.3, -0.25) is 9.59 Å². The number of hydrogen-bond acceptors (Lipinski definition) is 6. The second-order valence-electron chi connectivity index (χ2n) is 8.35. The largest absolute Gasteiger partial charge is 0.331 e. The van der Waals surface area contributed by atoms with Gasteiger partial charge in [0.25, 0.3) is 11.8 Å². The van der Waals surface area contributed by atoms with Crippen molar-refractivity contribution >= 4 is 29.0 Å². The molecule has 0 unspecified atom stereocenters. The van der Waals surface area contributed by atoms with E-state index in [1.165, 1.54) is 12.1 Å². The molecule has 0 spiro atoms. The van der Waals surface area contributed by atoms with Crippen LogP contribution in [-0.4, -0.2) is 38.4 Å². The number of hydrogen-bond donors (Lipinski definition) is 2. The molecule has 1 aromatic heterocycles. The summed E-state index contributed by atoms with van der Waals surface area (Å²) in [7, 11) is 0. The van der Waals surface area contributed by atoms with Crippen molar-refractivity contribution in [2.75, 3.05) is 5.32 Å². The highest BCUT2D eigenvalue weighted by Gasteiger charge is 2.29. The lowest BCUT2D eigenvalue weighted by molar-refractivity contribution is 0.0605. The first-order valence-electron chi connectivity index (χ1n) is 10.9. The van der Waals surface area contributed by atoms with E-state index in [0.717, 1.165) is 42.8 Å². The van der Waals surface area contributed by atoms with Crippen molar-refractivity contribution in [3.05, 3.63) is 76.0 Å². The number of nitrogens with zero attached hydrogens (tertiary/aromatic N) is 3. The number of amides is 2. The van der Waals surface area contributed by atoms with Crippen LogP contribution in [-0.2, 0) is 6.54 Å². The van der Waals surface area contributed by atoms with Gasteiger partial charge in [0.15, 0.2) is 0 Å². The number of nitrogens with two attached hydrogens (primary N) is 1. The number of halogens is 1. The zero-order valence-electron chi connectivity index (χ0n) is 18.3. The van der Waals surface area contributed by atoms with Crippen LogP contribution in [0.4, 0.5) is 10.1 Å². The van der Waals surface area contributed by atoms with E-state index in [0.29, 0.717) is 28.4 Å². The Morgan fingerprint density at radius 1 is 1.15 bits per heavy atom. The van der Waals surface area contributed by atoms with E-state index in [9.17, 15) is 14.0 Å². The van der Waals surface area contributed by atoms with E-state index >= 15 is 0 Å². The van der Waals surface area contributed by atoms with Crippen molar-refractivity contribution in [3.8, 4) is 0 Å². The highest BCUT2D eigenvalue weighted by atomic mass is 32.1. The fourth-order valence-electron chi connectivity index (χ4n) is 4.14. The lowest BCUT2D eigenvalue weighted by atomic mass is 9.90. The first-order valence-corrected chi connectivity index (χ1v) is 11.7. The van der Waals surface area contributed by atoms with Gasteiger partial charge in [-0.1, -0.05) is 22.7 Å². The van der Waals surface area contributed by atoms with Crippen LogP contribution >= 0.6 is 11.5 Å². The Kier molecular flexibility index (Phi) is 7.10. The van der Waals surface area contributed by atoms with Crippen LogP contribution in [0.25, 0.3) is 0 Å². The van der Waals surface area contributed by atoms with Gasteiger partial charge in [-0.05, 0) is 80.0 Å². The molecule has 0 radical (unpaired) electrons. The average Bonchev–Trinajstić information content (AvgIpc) is 3.24. The molecule has 9 heteroatoms. The van der Waals surface area contributed by atoms with Gasteiger partial charge in [0.1, 0.15) is 10.7 Å². The van der Waals surface area contributed by atoms with Crippen molar-refractivity contribution in [1.29, 1.82) is 0 Å². The van der Waals surface area contributed by atoms with Crippen LogP contribution in [0.5, 0.6) is 0 Å². The summed E-state index contributed by atoms with van der Waals surface area (Å²) < 4.78 is 17.6. The van der Waals surface area contributed by atoms with Crippen molar-refractivity contribution in [1.82, 2.24) is 14.5 Å². The third-order valence-electron chi connectivity index (χ3n) is 5.91. The molecule has 3 aromatic rings. The number of nitrogens with one attached hydrogen (secondary N) is 1. The van der Waals surface area contributed by atoms with Gasteiger partial charge in [-0.15, -0.1) is 5.10 Å². The quantitative estimate of drug-likeness (QED) is 0.567. The maximum Gasteiger partial charge on any atom is 0.269 e. The minimum absolute atomic E-state index is 0.0183. The number of benzene rings is 2. The molecule has 7 nitrogen and oxygen atoms in total. The topological polar surface area (TPSA) is 101 Å². The Hall–Kier alpha value is -3.17. The van der Waals surface area contributed by atoms with E-state index in [2.05, 4.69) is 14.9 Å². The molecule has 1 aliphatic rings. The molecule has 1 saturated carbocycles. The Morgan fingerprint density at radius 3 is 2.61 bits per heavy atom. The van der Waals surface area contributed by atoms with Crippen LogP contribution in [0.15, 0.2) is 48.5 Å². The van der Waals surface area contributed by atoms with Gasteiger partial charge in [0, 0.05) is 29.9 Å². The van der Waals surface area contributed by atoms with Crippen LogP contribution in [0.2, 0.25) is 0 Å². The summed E-state index contributed by atoms with van der Waals surface area (Å²) in [4.78, 5) is 28.2. The van der Waals surface area contributed by atoms with Crippen LogP contribution in [0, 0.1) is 12.7 Å². The van der Waals surface area contributed by atoms with E-state index in [4.69, 9.17) is 5.73 Å². The smallest absolute Gasteiger partial charge is 0.269 e. The van der Waals surface area contributed by atoms with Crippen molar-refractivity contribution in [2.24, 2.45) is 5.73 Å². The van der Waals surface area contributed by atoms with E-state index in [-0.39, 0.29) is 23.9 Å². The normalized spacial score (nSPS) is 18.0. The molecule has 1 aliphatic carbocycles. The molecule has 4 rings (SSSR count). The van der Waals surface area contributed by atoms with E-state index in [1.54, 1.807) is 30.0 Å². The molecule has 33 heavy (non-hydrogen) atoms. The molecule has 2 amide bonds. The number of anilines is 1. The Balaban J connectivity index is 1.55. The Morgan fingerprint density at radius 2 is 1.91 bits per heavy atom. The molecule has 172 valence electrons. The molecular weight excluding hydrogens is 441 g/mol. The molecule has 3 N–H and O–H groups in total. The van der Waals surface area contributed by atoms with Gasteiger partial charge >= 0.3 is 0 Å². The molecular formula is C24H26FN5O2S. The predicted molar refractivity (Wildman–Crippen MR) is 126 cm³/mol.